The Morgan fingerprint density at radius 1 is 0.833 bits per heavy atom. The van der Waals surface area contributed by atoms with Crippen LogP contribution >= 0.6 is 0 Å². The summed E-state index contributed by atoms with van der Waals surface area (Å²) < 4.78 is 0. The molecular formula is C27H30F2Zr. The van der Waals surface area contributed by atoms with E-state index in [-0.39, 0.29) is 35.6 Å². The van der Waals surface area contributed by atoms with Crippen molar-refractivity contribution in [2.75, 3.05) is 0 Å². The van der Waals surface area contributed by atoms with Gasteiger partial charge in [-0.05, 0) is 0 Å². The Kier molecular flexibility index (Phi) is 12.0. The van der Waals surface area contributed by atoms with E-state index in [0.29, 0.717) is 0 Å². The van der Waals surface area contributed by atoms with Crippen LogP contribution in [-0.2, 0) is 32.6 Å². The van der Waals surface area contributed by atoms with E-state index in [1.54, 1.807) is 5.56 Å². The molecule has 4 rings (SSSR count). The second-order valence-electron chi connectivity index (χ2n) is 7.47. The summed E-state index contributed by atoms with van der Waals surface area (Å²) in [5, 5.41) is 2.63. The molecule has 30 heavy (non-hydrogen) atoms. The third kappa shape index (κ3) is 6.08. The van der Waals surface area contributed by atoms with Gasteiger partial charge in [0.15, 0.2) is 0 Å². The Morgan fingerprint density at radius 3 is 1.97 bits per heavy atom. The van der Waals surface area contributed by atoms with Crippen LogP contribution in [0.15, 0.2) is 66.7 Å². The molecule has 0 spiro atoms. The average Bonchev–Trinajstić information content (AvgIpc) is 3.21. The van der Waals surface area contributed by atoms with Gasteiger partial charge in [0.05, 0.1) is 0 Å². The molecule has 0 saturated carbocycles. The predicted octanol–water partition coefficient (Wildman–Crippen LogP) is 1.82. The van der Waals surface area contributed by atoms with E-state index in [0.717, 1.165) is 0 Å². The summed E-state index contributed by atoms with van der Waals surface area (Å²) in [5.74, 6) is 0. The van der Waals surface area contributed by atoms with Gasteiger partial charge in [0.1, 0.15) is 0 Å². The summed E-state index contributed by atoms with van der Waals surface area (Å²) in [6.45, 7) is 11.2. The normalized spacial score (nSPS) is 9.63. The van der Waals surface area contributed by atoms with Crippen LogP contribution < -0.4 is 9.41 Å². The largest absolute Gasteiger partial charge is 4.00 e. The zero-order valence-electron chi connectivity index (χ0n) is 18.5. The predicted molar refractivity (Wildman–Crippen MR) is 120 cm³/mol. The van der Waals surface area contributed by atoms with Gasteiger partial charge in [-0.15, -0.1) is 34.5 Å². The number of rotatable bonds is 3. The van der Waals surface area contributed by atoms with E-state index in [1.165, 1.54) is 57.0 Å². The molecule has 0 unspecified atom stereocenters. The molecular weight excluding hydrogens is 454 g/mol. The molecule has 0 aliphatic rings. The Bertz CT molecular complexity index is 967. The molecule has 0 atom stereocenters. The maximum absolute atomic E-state index is 2.25. The first-order chi connectivity index (χ1) is 13.0. The zero-order chi connectivity index (χ0) is 19.4. The van der Waals surface area contributed by atoms with E-state index in [9.17, 15) is 0 Å². The standard InChI is InChI=1S/C15H11.C12H19.2FH.Zr/c1-2-6-12(7-3-1)15-10-13-8-4-5-9-14(13)11-15;1-6-7-12-10(4)8(2)9(3)11(12)5;;;/h1-11H;6-7H2,1-5H3;2*1H;/q2*-1;;;+4/p-2. The van der Waals surface area contributed by atoms with E-state index in [2.05, 4.69) is 95.3 Å². The maximum atomic E-state index is 2.25. The van der Waals surface area contributed by atoms with Crippen molar-refractivity contribution < 1.29 is 35.6 Å². The van der Waals surface area contributed by atoms with E-state index < -0.39 is 0 Å². The second-order valence-corrected chi connectivity index (χ2v) is 7.47. The van der Waals surface area contributed by atoms with Gasteiger partial charge in [0, 0.05) is 0 Å². The molecule has 0 saturated heterocycles. The van der Waals surface area contributed by atoms with E-state index in [4.69, 9.17) is 0 Å². The van der Waals surface area contributed by atoms with Crippen molar-refractivity contribution in [2.24, 2.45) is 0 Å². The van der Waals surface area contributed by atoms with Crippen LogP contribution in [0.3, 0.4) is 0 Å². The van der Waals surface area contributed by atoms with Crippen LogP contribution in [-0.4, -0.2) is 0 Å². The summed E-state index contributed by atoms with van der Waals surface area (Å²) in [7, 11) is 0. The molecule has 0 N–H and O–H groups in total. The van der Waals surface area contributed by atoms with Crippen LogP contribution in [0.25, 0.3) is 21.9 Å². The van der Waals surface area contributed by atoms with Crippen LogP contribution in [0.5, 0.6) is 0 Å². The number of hydrogen-bond donors (Lipinski definition) is 0. The number of benzene rings is 2. The van der Waals surface area contributed by atoms with Gasteiger partial charge in [0.25, 0.3) is 0 Å². The van der Waals surface area contributed by atoms with Gasteiger partial charge < -0.3 is 9.41 Å². The molecule has 4 aromatic rings. The van der Waals surface area contributed by atoms with Crippen molar-refractivity contribution in [3.8, 4) is 11.1 Å². The molecule has 0 heterocycles. The van der Waals surface area contributed by atoms with Gasteiger partial charge in [-0.1, -0.05) is 102 Å². The summed E-state index contributed by atoms with van der Waals surface area (Å²) >= 11 is 0. The SMILES string of the molecule is CCCc1c(C)c(C)c(C)[c-]1C.[F-].[F-].[Zr+4].c1ccc(-c2cc3ccccc3[cH-]2)cc1. The Balaban J connectivity index is 0.000000522. The molecule has 0 aliphatic carbocycles. The first kappa shape index (κ1) is 28.1. The topological polar surface area (TPSA) is 0 Å². The van der Waals surface area contributed by atoms with Gasteiger partial charge in [-0.3, -0.25) is 0 Å². The van der Waals surface area contributed by atoms with Gasteiger partial charge in [-0.25, -0.2) is 0 Å². The van der Waals surface area contributed by atoms with Crippen LogP contribution in [0.2, 0.25) is 0 Å². The van der Waals surface area contributed by atoms with Gasteiger partial charge in [0.2, 0.25) is 0 Å². The number of fused-ring (bicyclic) bond motifs is 1. The molecule has 0 aromatic heterocycles. The molecule has 4 aromatic carbocycles. The molecule has 3 heteroatoms. The monoisotopic (exact) mass is 482 g/mol. The number of hydrogen-bond acceptors (Lipinski definition) is 0. The van der Waals surface area contributed by atoms with Crippen molar-refractivity contribution in [3.05, 3.63) is 94.5 Å². The minimum absolute atomic E-state index is 0. The van der Waals surface area contributed by atoms with Crippen molar-refractivity contribution in [2.45, 2.75) is 47.5 Å². The molecule has 0 amide bonds. The molecule has 0 aliphatic heterocycles. The van der Waals surface area contributed by atoms with Gasteiger partial charge >= 0.3 is 26.2 Å². The third-order valence-corrected chi connectivity index (χ3v) is 5.82. The van der Waals surface area contributed by atoms with E-state index in [1.807, 2.05) is 6.07 Å². The first-order valence-electron chi connectivity index (χ1n) is 9.95. The first-order valence-corrected chi connectivity index (χ1v) is 9.95. The summed E-state index contributed by atoms with van der Waals surface area (Å²) in [6.07, 6.45) is 2.50. The Labute approximate surface area is 198 Å². The average molecular weight is 484 g/mol. The van der Waals surface area contributed by atoms with Crippen molar-refractivity contribution >= 4 is 10.8 Å². The molecule has 0 bridgehead atoms. The second kappa shape index (κ2) is 12.8. The van der Waals surface area contributed by atoms with E-state index >= 15 is 0 Å². The summed E-state index contributed by atoms with van der Waals surface area (Å²) in [6, 6.07) is 23.4. The third-order valence-electron chi connectivity index (χ3n) is 5.82. The van der Waals surface area contributed by atoms with Gasteiger partial charge in [-0.2, -0.15) is 27.8 Å². The zero-order valence-corrected chi connectivity index (χ0v) is 21.0. The summed E-state index contributed by atoms with van der Waals surface area (Å²) in [5.41, 5.74) is 10.2. The fourth-order valence-corrected chi connectivity index (χ4v) is 3.87. The van der Waals surface area contributed by atoms with Crippen molar-refractivity contribution in [1.29, 1.82) is 0 Å². The van der Waals surface area contributed by atoms with Crippen LogP contribution in [0.4, 0.5) is 0 Å². The molecule has 0 fully saturated rings. The van der Waals surface area contributed by atoms with Crippen LogP contribution in [0, 0.1) is 27.7 Å². The molecule has 156 valence electrons. The number of halogens is 2. The minimum Gasteiger partial charge on any atom is -1.00 e. The fraction of sp³-hybridized carbons (Fsp3) is 0.259. The minimum atomic E-state index is 0. The van der Waals surface area contributed by atoms with Crippen molar-refractivity contribution in [3.63, 3.8) is 0 Å². The smallest absolute Gasteiger partial charge is 1.00 e. The Hall–Kier alpha value is -1.86. The Morgan fingerprint density at radius 2 is 1.43 bits per heavy atom. The maximum Gasteiger partial charge on any atom is 4.00 e. The molecule has 0 nitrogen and oxygen atoms in total. The summed E-state index contributed by atoms with van der Waals surface area (Å²) in [4.78, 5) is 0. The fourth-order valence-electron chi connectivity index (χ4n) is 3.87. The van der Waals surface area contributed by atoms with Crippen molar-refractivity contribution in [1.82, 2.24) is 0 Å². The molecule has 0 radical (unpaired) electrons. The van der Waals surface area contributed by atoms with Crippen LogP contribution in [0.1, 0.15) is 41.2 Å². The quantitative estimate of drug-likeness (QED) is 0.390.